The van der Waals surface area contributed by atoms with Crippen LogP contribution in [0.2, 0.25) is 0 Å². The zero-order valence-electron chi connectivity index (χ0n) is 15.3. The molecular formula is C19H20N4O4. The number of fused-ring (bicyclic) bond motifs is 1. The summed E-state index contributed by atoms with van der Waals surface area (Å²) >= 11 is 0. The molecule has 0 bridgehead atoms. The highest BCUT2D eigenvalue weighted by Gasteiger charge is 2.24. The van der Waals surface area contributed by atoms with Gasteiger partial charge >= 0.3 is 5.97 Å². The van der Waals surface area contributed by atoms with Gasteiger partial charge in [0.2, 0.25) is 0 Å². The van der Waals surface area contributed by atoms with Gasteiger partial charge in [-0.05, 0) is 13.0 Å². The number of aryl methyl sites for hydroxylation is 2. The van der Waals surface area contributed by atoms with E-state index in [4.69, 9.17) is 4.74 Å². The van der Waals surface area contributed by atoms with Crippen molar-refractivity contribution in [1.82, 2.24) is 20.1 Å². The highest BCUT2D eigenvalue weighted by molar-refractivity contribution is 6.08. The molecule has 2 N–H and O–H groups in total. The van der Waals surface area contributed by atoms with E-state index in [9.17, 15) is 14.7 Å². The standard InChI is InChI=1S/C19H20N4O4/c1-11-16-13(18(24)21-15(10-27-3)19(25)26)9-14(12-7-5-4-6-8-12)20-17(16)23(2)22-11/h4-9,15H,10H2,1-3H3,(H,21,24)(H,25,26). The summed E-state index contributed by atoms with van der Waals surface area (Å²) in [6.07, 6.45) is 0. The van der Waals surface area contributed by atoms with E-state index in [1.807, 2.05) is 30.3 Å². The molecule has 0 fully saturated rings. The summed E-state index contributed by atoms with van der Waals surface area (Å²) in [5.74, 6) is -1.68. The van der Waals surface area contributed by atoms with Gasteiger partial charge in [-0.25, -0.2) is 9.78 Å². The molecule has 0 aliphatic rings. The van der Waals surface area contributed by atoms with Gasteiger partial charge in [-0.3, -0.25) is 9.48 Å². The van der Waals surface area contributed by atoms with Gasteiger partial charge in [-0.15, -0.1) is 0 Å². The van der Waals surface area contributed by atoms with Crippen molar-refractivity contribution >= 4 is 22.9 Å². The first kappa shape index (κ1) is 18.5. The Hall–Kier alpha value is -3.26. The largest absolute Gasteiger partial charge is 0.480 e. The van der Waals surface area contributed by atoms with Crippen LogP contribution in [0.3, 0.4) is 0 Å². The fourth-order valence-corrected chi connectivity index (χ4v) is 2.96. The molecular weight excluding hydrogens is 348 g/mol. The summed E-state index contributed by atoms with van der Waals surface area (Å²) in [5, 5.41) is 16.7. The van der Waals surface area contributed by atoms with E-state index in [2.05, 4.69) is 15.4 Å². The second kappa shape index (κ2) is 7.55. The van der Waals surface area contributed by atoms with Crippen molar-refractivity contribution in [3.8, 4) is 11.3 Å². The van der Waals surface area contributed by atoms with Gasteiger partial charge < -0.3 is 15.2 Å². The van der Waals surface area contributed by atoms with Crippen LogP contribution in [0.25, 0.3) is 22.3 Å². The number of aliphatic carboxylic acids is 1. The maximum atomic E-state index is 12.9. The van der Waals surface area contributed by atoms with E-state index in [0.717, 1.165) is 5.56 Å². The molecule has 140 valence electrons. The molecule has 8 nitrogen and oxygen atoms in total. The summed E-state index contributed by atoms with van der Waals surface area (Å²) in [6.45, 7) is 1.65. The van der Waals surface area contributed by atoms with Crippen LogP contribution in [0.1, 0.15) is 16.1 Å². The lowest BCUT2D eigenvalue weighted by molar-refractivity contribution is -0.140. The van der Waals surface area contributed by atoms with E-state index in [-0.39, 0.29) is 6.61 Å². The van der Waals surface area contributed by atoms with E-state index >= 15 is 0 Å². The Bertz CT molecular complexity index is 998. The van der Waals surface area contributed by atoms with E-state index in [1.54, 1.807) is 24.7 Å². The number of methoxy groups -OCH3 is 1. The Kier molecular flexibility index (Phi) is 5.18. The van der Waals surface area contributed by atoms with E-state index in [1.165, 1.54) is 7.11 Å². The molecule has 3 rings (SSSR count). The van der Waals surface area contributed by atoms with Crippen molar-refractivity contribution in [2.24, 2.45) is 7.05 Å². The number of nitrogens with one attached hydrogen (secondary N) is 1. The number of carbonyl (C=O) groups is 2. The fourth-order valence-electron chi connectivity index (χ4n) is 2.96. The zero-order chi connectivity index (χ0) is 19.6. The molecule has 1 amide bonds. The molecule has 0 saturated carbocycles. The van der Waals surface area contributed by atoms with Crippen LogP contribution in [-0.2, 0) is 16.6 Å². The topological polar surface area (TPSA) is 106 Å². The van der Waals surface area contributed by atoms with E-state index < -0.39 is 17.9 Å². The van der Waals surface area contributed by atoms with Gasteiger partial charge in [0.05, 0.1) is 28.9 Å². The van der Waals surface area contributed by atoms with Gasteiger partial charge in [0, 0.05) is 19.7 Å². The zero-order valence-corrected chi connectivity index (χ0v) is 15.3. The molecule has 8 heteroatoms. The normalized spacial score (nSPS) is 12.1. The number of ether oxygens (including phenoxy) is 1. The van der Waals surface area contributed by atoms with Crippen LogP contribution in [0.4, 0.5) is 0 Å². The SMILES string of the molecule is COCC(NC(=O)c1cc(-c2ccccc2)nc2c1c(C)nn2C)C(=O)O. The van der Waals surface area contributed by atoms with Crippen molar-refractivity contribution in [3.63, 3.8) is 0 Å². The Balaban J connectivity index is 2.12. The fraction of sp³-hybridized carbons (Fsp3) is 0.263. The van der Waals surface area contributed by atoms with Crippen molar-refractivity contribution in [3.05, 3.63) is 47.7 Å². The second-order valence-electron chi connectivity index (χ2n) is 6.15. The maximum Gasteiger partial charge on any atom is 0.328 e. The third-order valence-corrected chi connectivity index (χ3v) is 4.22. The molecule has 2 aromatic heterocycles. The number of benzene rings is 1. The molecule has 27 heavy (non-hydrogen) atoms. The molecule has 0 radical (unpaired) electrons. The first-order chi connectivity index (χ1) is 12.9. The van der Waals surface area contributed by atoms with Crippen LogP contribution < -0.4 is 5.32 Å². The number of amides is 1. The highest BCUT2D eigenvalue weighted by atomic mass is 16.5. The number of nitrogens with zero attached hydrogens (tertiary/aromatic N) is 3. The van der Waals surface area contributed by atoms with Gasteiger partial charge in [-0.2, -0.15) is 5.10 Å². The minimum Gasteiger partial charge on any atom is -0.480 e. The average molecular weight is 368 g/mol. The lowest BCUT2D eigenvalue weighted by Gasteiger charge is -2.14. The van der Waals surface area contributed by atoms with Crippen molar-refractivity contribution in [2.75, 3.05) is 13.7 Å². The monoisotopic (exact) mass is 368 g/mol. The van der Waals surface area contributed by atoms with Crippen molar-refractivity contribution < 1.29 is 19.4 Å². The molecule has 0 aliphatic carbocycles. The summed E-state index contributed by atoms with van der Waals surface area (Å²) in [4.78, 5) is 28.9. The van der Waals surface area contributed by atoms with Gasteiger partial charge in [0.1, 0.15) is 0 Å². The van der Waals surface area contributed by atoms with E-state index in [0.29, 0.717) is 28.0 Å². The minimum atomic E-state index is -1.17. The number of carboxylic acid groups (broad SMARTS) is 1. The number of aromatic nitrogens is 3. The number of hydrogen-bond acceptors (Lipinski definition) is 5. The number of carbonyl (C=O) groups excluding carboxylic acids is 1. The summed E-state index contributed by atoms with van der Waals surface area (Å²) in [7, 11) is 3.13. The van der Waals surface area contributed by atoms with Gasteiger partial charge in [0.25, 0.3) is 5.91 Å². The number of hydrogen-bond donors (Lipinski definition) is 2. The second-order valence-corrected chi connectivity index (χ2v) is 6.15. The summed E-state index contributed by atoms with van der Waals surface area (Å²) in [5.41, 5.74) is 2.97. The maximum absolute atomic E-state index is 12.9. The van der Waals surface area contributed by atoms with Crippen LogP contribution in [0, 0.1) is 6.92 Å². The van der Waals surface area contributed by atoms with Crippen LogP contribution in [0.15, 0.2) is 36.4 Å². The molecule has 1 aromatic carbocycles. The average Bonchev–Trinajstić information content (AvgIpc) is 2.95. The molecule has 1 unspecified atom stereocenters. The Morgan fingerprint density at radius 1 is 1.30 bits per heavy atom. The molecule has 3 aromatic rings. The number of pyridine rings is 1. The Morgan fingerprint density at radius 2 is 2.00 bits per heavy atom. The number of rotatable bonds is 6. The molecule has 2 heterocycles. The quantitative estimate of drug-likeness (QED) is 0.687. The molecule has 0 spiro atoms. The third kappa shape index (κ3) is 3.65. The summed E-state index contributed by atoms with van der Waals surface area (Å²) in [6, 6.07) is 9.96. The van der Waals surface area contributed by atoms with Crippen molar-refractivity contribution in [1.29, 1.82) is 0 Å². The lowest BCUT2D eigenvalue weighted by atomic mass is 10.0. The Labute approximate surface area is 155 Å². The van der Waals surface area contributed by atoms with Gasteiger partial charge in [-0.1, -0.05) is 30.3 Å². The Morgan fingerprint density at radius 3 is 2.63 bits per heavy atom. The highest BCUT2D eigenvalue weighted by Crippen LogP contribution is 2.26. The van der Waals surface area contributed by atoms with Crippen molar-refractivity contribution in [2.45, 2.75) is 13.0 Å². The smallest absolute Gasteiger partial charge is 0.328 e. The number of carboxylic acids is 1. The molecule has 0 aliphatic heterocycles. The lowest BCUT2D eigenvalue weighted by Crippen LogP contribution is -2.43. The first-order valence-corrected chi connectivity index (χ1v) is 8.34. The summed E-state index contributed by atoms with van der Waals surface area (Å²) < 4.78 is 6.49. The van der Waals surface area contributed by atoms with Crippen LogP contribution in [0.5, 0.6) is 0 Å². The molecule has 0 saturated heterocycles. The first-order valence-electron chi connectivity index (χ1n) is 8.34. The predicted molar refractivity (Wildman–Crippen MR) is 99.4 cm³/mol. The minimum absolute atomic E-state index is 0.132. The van der Waals surface area contributed by atoms with Gasteiger partial charge in [0.15, 0.2) is 11.7 Å². The predicted octanol–water partition coefficient (Wildman–Crippen LogP) is 1.77. The third-order valence-electron chi connectivity index (χ3n) is 4.22. The molecule has 1 atom stereocenters. The van der Waals surface area contributed by atoms with Crippen LogP contribution >= 0.6 is 0 Å². The van der Waals surface area contributed by atoms with Crippen LogP contribution in [-0.4, -0.2) is 51.5 Å².